The van der Waals surface area contributed by atoms with E-state index >= 15 is 0 Å². The number of rotatable bonds is 6. The first-order chi connectivity index (χ1) is 15.3. The summed E-state index contributed by atoms with van der Waals surface area (Å²) in [5.41, 5.74) is 6.85. The second kappa shape index (κ2) is 8.40. The van der Waals surface area contributed by atoms with Gasteiger partial charge in [0.25, 0.3) is 0 Å². The predicted octanol–water partition coefficient (Wildman–Crippen LogP) is 5.45. The van der Waals surface area contributed by atoms with E-state index in [0.29, 0.717) is 5.95 Å². The average molecular weight is 406 g/mol. The molecule has 5 aromatic rings. The van der Waals surface area contributed by atoms with E-state index in [0.717, 1.165) is 35.4 Å². The summed E-state index contributed by atoms with van der Waals surface area (Å²) in [6, 6.07) is 27.2. The first-order valence-electron chi connectivity index (χ1n) is 10.4. The molecule has 1 N–H and O–H groups in total. The van der Waals surface area contributed by atoms with Crippen molar-refractivity contribution in [1.82, 2.24) is 19.5 Å². The van der Waals surface area contributed by atoms with Crippen LogP contribution in [0.15, 0.2) is 91.4 Å². The number of nitrogens with zero attached hydrogens (tertiary/aromatic N) is 4. The Bertz CT molecular complexity index is 1320. The fraction of sp³-hybridized carbons (Fsp3) is 0.115. The van der Waals surface area contributed by atoms with Crippen LogP contribution in [0.3, 0.4) is 0 Å². The van der Waals surface area contributed by atoms with Crippen LogP contribution in [0.2, 0.25) is 0 Å². The highest BCUT2D eigenvalue weighted by Gasteiger charge is 2.09. The third-order valence-corrected chi connectivity index (χ3v) is 5.33. The smallest absolute Gasteiger partial charge is 0.224 e. The molecule has 0 spiro atoms. The Labute approximate surface area is 181 Å². The van der Waals surface area contributed by atoms with Crippen LogP contribution in [0.1, 0.15) is 11.1 Å². The average Bonchev–Trinajstić information content (AvgIpc) is 3.23. The molecule has 0 atom stereocenters. The molecule has 0 saturated heterocycles. The van der Waals surface area contributed by atoms with E-state index in [1.807, 2.05) is 23.0 Å². The Balaban J connectivity index is 1.37. The maximum Gasteiger partial charge on any atom is 0.224 e. The van der Waals surface area contributed by atoms with E-state index in [9.17, 15) is 0 Å². The molecule has 5 nitrogen and oxygen atoms in total. The van der Waals surface area contributed by atoms with E-state index in [1.54, 1.807) is 6.20 Å². The summed E-state index contributed by atoms with van der Waals surface area (Å²) < 4.78 is 2.00. The molecule has 5 rings (SSSR count). The Morgan fingerprint density at radius 2 is 1.71 bits per heavy atom. The van der Waals surface area contributed by atoms with Crippen molar-refractivity contribution in [2.75, 3.05) is 11.9 Å². The van der Waals surface area contributed by atoms with Crippen LogP contribution in [-0.2, 0) is 6.42 Å². The molecule has 0 unspecified atom stereocenters. The molecular formula is C26H23N5. The number of anilines is 1. The number of benzene rings is 3. The zero-order valence-corrected chi connectivity index (χ0v) is 17.4. The number of fused-ring (bicyclic) bond motifs is 1. The van der Waals surface area contributed by atoms with Crippen molar-refractivity contribution in [1.29, 1.82) is 0 Å². The van der Waals surface area contributed by atoms with Crippen LogP contribution in [0.25, 0.3) is 28.0 Å². The zero-order chi connectivity index (χ0) is 21.0. The molecule has 0 fully saturated rings. The van der Waals surface area contributed by atoms with Gasteiger partial charge in [0.1, 0.15) is 12.1 Å². The number of hydrogen-bond donors (Lipinski definition) is 1. The Kier molecular flexibility index (Phi) is 5.15. The summed E-state index contributed by atoms with van der Waals surface area (Å²) in [7, 11) is 0. The van der Waals surface area contributed by atoms with Crippen LogP contribution in [-0.4, -0.2) is 26.1 Å². The molecule has 31 heavy (non-hydrogen) atoms. The predicted molar refractivity (Wildman–Crippen MR) is 125 cm³/mol. The lowest BCUT2D eigenvalue weighted by molar-refractivity contribution is 0.953. The van der Waals surface area contributed by atoms with Gasteiger partial charge in [0.2, 0.25) is 5.95 Å². The minimum Gasteiger partial charge on any atom is -0.354 e. The lowest BCUT2D eigenvalue weighted by Gasteiger charge is -2.08. The maximum atomic E-state index is 4.69. The monoisotopic (exact) mass is 405 g/mol. The fourth-order valence-electron chi connectivity index (χ4n) is 3.73. The number of hydrogen-bond acceptors (Lipinski definition) is 4. The lowest BCUT2D eigenvalue weighted by Crippen LogP contribution is -2.09. The number of aryl methyl sites for hydroxylation is 1. The van der Waals surface area contributed by atoms with E-state index in [-0.39, 0.29) is 0 Å². The molecule has 0 bridgehead atoms. The van der Waals surface area contributed by atoms with Crippen molar-refractivity contribution in [2.24, 2.45) is 0 Å². The number of aromatic nitrogens is 4. The summed E-state index contributed by atoms with van der Waals surface area (Å²) in [6.45, 7) is 2.88. The van der Waals surface area contributed by atoms with Gasteiger partial charge in [0.15, 0.2) is 0 Å². The van der Waals surface area contributed by atoms with Gasteiger partial charge in [0.05, 0.1) is 11.0 Å². The fourth-order valence-corrected chi connectivity index (χ4v) is 3.73. The maximum absolute atomic E-state index is 4.69. The van der Waals surface area contributed by atoms with Crippen LogP contribution in [0, 0.1) is 6.92 Å². The third-order valence-electron chi connectivity index (χ3n) is 5.33. The van der Waals surface area contributed by atoms with Crippen molar-refractivity contribution in [3.05, 3.63) is 103 Å². The van der Waals surface area contributed by atoms with Gasteiger partial charge in [-0.3, -0.25) is 4.57 Å². The summed E-state index contributed by atoms with van der Waals surface area (Å²) in [5, 5.41) is 3.32. The molecule has 152 valence electrons. The second-order valence-corrected chi connectivity index (χ2v) is 7.59. The van der Waals surface area contributed by atoms with Crippen molar-refractivity contribution in [2.45, 2.75) is 13.3 Å². The van der Waals surface area contributed by atoms with Crippen molar-refractivity contribution >= 4 is 17.0 Å². The molecule has 0 aliphatic carbocycles. The quantitative estimate of drug-likeness (QED) is 0.408. The van der Waals surface area contributed by atoms with Gasteiger partial charge in [-0.25, -0.2) is 9.97 Å². The Hall–Kier alpha value is -3.99. The summed E-state index contributed by atoms with van der Waals surface area (Å²) in [5.74, 6) is 1.41. The molecule has 2 heterocycles. The van der Waals surface area contributed by atoms with E-state index in [4.69, 9.17) is 0 Å². The van der Waals surface area contributed by atoms with Crippen molar-refractivity contribution in [3.63, 3.8) is 0 Å². The van der Waals surface area contributed by atoms with Gasteiger partial charge in [-0.2, -0.15) is 4.98 Å². The number of nitrogens with one attached hydrogen (secondary N) is 1. The molecule has 2 aromatic heterocycles. The highest BCUT2D eigenvalue weighted by Crippen LogP contribution is 2.25. The SMILES string of the molecule is Cc1cccc(-c2ccc3c(c2)ncn3-c2ccnc(NCCc3ccccc3)n2)c1. The minimum absolute atomic E-state index is 0.617. The lowest BCUT2D eigenvalue weighted by atomic mass is 10.0. The van der Waals surface area contributed by atoms with Gasteiger partial charge in [-0.05, 0) is 48.2 Å². The molecule has 0 amide bonds. The normalized spacial score (nSPS) is 11.0. The van der Waals surface area contributed by atoms with Crippen LogP contribution in [0.5, 0.6) is 0 Å². The van der Waals surface area contributed by atoms with Gasteiger partial charge in [0, 0.05) is 12.7 Å². The van der Waals surface area contributed by atoms with Gasteiger partial charge in [-0.1, -0.05) is 66.2 Å². The van der Waals surface area contributed by atoms with Crippen molar-refractivity contribution < 1.29 is 0 Å². The summed E-state index contributed by atoms with van der Waals surface area (Å²) >= 11 is 0. The van der Waals surface area contributed by atoms with Crippen LogP contribution < -0.4 is 5.32 Å². The van der Waals surface area contributed by atoms with Gasteiger partial charge in [-0.15, -0.1) is 0 Å². The molecule has 5 heteroatoms. The second-order valence-electron chi connectivity index (χ2n) is 7.59. The summed E-state index contributed by atoms with van der Waals surface area (Å²) in [6.07, 6.45) is 4.52. The molecule has 0 saturated carbocycles. The highest BCUT2D eigenvalue weighted by atomic mass is 15.2. The largest absolute Gasteiger partial charge is 0.354 e. The topological polar surface area (TPSA) is 55.6 Å². The van der Waals surface area contributed by atoms with Gasteiger partial charge < -0.3 is 5.32 Å². The van der Waals surface area contributed by atoms with Gasteiger partial charge >= 0.3 is 0 Å². The van der Waals surface area contributed by atoms with E-state index < -0.39 is 0 Å². The molecule has 3 aromatic carbocycles. The standard InChI is InChI=1S/C26H23N5/c1-19-6-5-9-21(16-19)22-10-11-24-23(17-22)29-18-31(24)25-13-15-28-26(30-25)27-14-12-20-7-3-2-4-8-20/h2-11,13,15-18H,12,14H2,1H3,(H,27,28,30). The first kappa shape index (κ1) is 19.0. The van der Waals surface area contributed by atoms with E-state index in [1.165, 1.54) is 16.7 Å². The van der Waals surface area contributed by atoms with Crippen LogP contribution >= 0.6 is 0 Å². The highest BCUT2D eigenvalue weighted by molar-refractivity contribution is 5.83. The van der Waals surface area contributed by atoms with Crippen molar-refractivity contribution in [3.8, 4) is 16.9 Å². The third kappa shape index (κ3) is 4.16. The zero-order valence-electron chi connectivity index (χ0n) is 17.4. The Morgan fingerprint density at radius 1 is 0.839 bits per heavy atom. The van der Waals surface area contributed by atoms with E-state index in [2.05, 4.69) is 93.9 Å². The molecule has 0 aliphatic rings. The first-order valence-corrected chi connectivity index (χ1v) is 10.4. The minimum atomic E-state index is 0.617. The number of imidazole rings is 1. The Morgan fingerprint density at radius 3 is 2.58 bits per heavy atom. The molecule has 0 aliphatic heterocycles. The van der Waals surface area contributed by atoms with Crippen LogP contribution in [0.4, 0.5) is 5.95 Å². The molecular weight excluding hydrogens is 382 g/mol. The summed E-state index contributed by atoms with van der Waals surface area (Å²) in [4.78, 5) is 13.7. The molecule has 0 radical (unpaired) electrons.